The Labute approximate surface area is 173 Å². The predicted octanol–water partition coefficient (Wildman–Crippen LogP) is 5.98. The molecule has 1 heterocycles. The Kier molecular flexibility index (Phi) is 7.94. The van der Waals surface area contributed by atoms with Crippen LogP contribution in [0.5, 0.6) is 11.5 Å². The van der Waals surface area contributed by atoms with Crippen LogP contribution < -0.4 is 9.47 Å². The number of hydrogen-bond acceptors (Lipinski definition) is 3. The maximum absolute atomic E-state index is 5.93. The van der Waals surface area contributed by atoms with E-state index in [-0.39, 0.29) is 12.4 Å². The molecule has 0 radical (unpaired) electrons. The molecule has 0 aliphatic carbocycles. The van der Waals surface area contributed by atoms with Gasteiger partial charge in [0.05, 0.1) is 31.1 Å². The lowest BCUT2D eigenvalue weighted by atomic mass is 10.1. The number of ether oxygens (including phenoxy) is 2. The summed E-state index contributed by atoms with van der Waals surface area (Å²) in [6.07, 6.45) is 8.01. The topological polar surface area (TPSA) is 36.3 Å². The zero-order chi connectivity index (χ0) is 19.2. The van der Waals surface area contributed by atoms with Crippen molar-refractivity contribution in [2.24, 2.45) is 0 Å². The third-order valence-electron chi connectivity index (χ3n) is 4.83. The van der Waals surface area contributed by atoms with Crippen molar-refractivity contribution in [3.05, 3.63) is 59.4 Å². The first-order valence-corrected chi connectivity index (χ1v) is 9.48. The number of nitrogens with zero attached hydrogens (tertiary/aromatic N) is 2. The largest absolute Gasteiger partial charge is 0.493 e. The fourth-order valence-electron chi connectivity index (χ4n) is 3.16. The second kappa shape index (κ2) is 10.2. The summed E-state index contributed by atoms with van der Waals surface area (Å²) in [5.74, 6) is 1.57. The van der Waals surface area contributed by atoms with Gasteiger partial charge in [-0.1, -0.05) is 18.2 Å². The van der Waals surface area contributed by atoms with Crippen LogP contribution in [-0.2, 0) is 6.54 Å². The van der Waals surface area contributed by atoms with Gasteiger partial charge in [0.15, 0.2) is 11.5 Å². The van der Waals surface area contributed by atoms with E-state index >= 15 is 0 Å². The molecule has 0 amide bonds. The van der Waals surface area contributed by atoms with Crippen LogP contribution in [0.15, 0.2) is 42.7 Å². The molecule has 4 nitrogen and oxygen atoms in total. The van der Waals surface area contributed by atoms with Crippen molar-refractivity contribution in [2.75, 3.05) is 13.7 Å². The summed E-state index contributed by atoms with van der Waals surface area (Å²) >= 11 is 0. The van der Waals surface area contributed by atoms with Crippen LogP contribution >= 0.6 is 12.4 Å². The first-order valence-electron chi connectivity index (χ1n) is 9.48. The zero-order valence-corrected chi connectivity index (χ0v) is 17.9. The second-order valence-corrected chi connectivity index (χ2v) is 6.83. The molecule has 0 fully saturated rings. The molecular formula is C23H29ClN2O2. The Hall–Kier alpha value is -2.46. The fraction of sp³-hybridized carbons (Fsp3) is 0.348. The predicted molar refractivity (Wildman–Crippen MR) is 119 cm³/mol. The molecule has 1 aromatic heterocycles. The van der Waals surface area contributed by atoms with E-state index in [4.69, 9.17) is 9.47 Å². The summed E-state index contributed by atoms with van der Waals surface area (Å²) in [5, 5.41) is 0. The van der Waals surface area contributed by atoms with Gasteiger partial charge in [-0.2, -0.15) is 0 Å². The van der Waals surface area contributed by atoms with Crippen LogP contribution in [0.4, 0.5) is 0 Å². The number of unbranched alkanes of at least 4 members (excludes halogenated alkanes) is 1. The number of rotatable bonds is 8. The highest BCUT2D eigenvalue weighted by atomic mass is 35.5. The monoisotopic (exact) mass is 400 g/mol. The summed E-state index contributed by atoms with van der Waals surface area (Å²) in [6.45, 7) is 7.89. The molecule has 0 bridgehead atoms. The van der Waals surface area contributed by atoms with Crippen LogP contribution in [-0.4, -0.2) is 23.3 Å². The third kappa shape index (κ3) is 5.08. The van der Waals surface area contributed by atoms with Crippen molar-refractivity contribution in [1.29, 1.82) is 0 Å². The lowest BCUT2D eigenvalue weighted by molar-refractivity contribution is 0.284. The maximum Gasteiger partial charge on any atom is 0.161 e. The van der Waals surface area contributed by atoms with E-state index in [0.717, 1.165) is 42.0 Å². The minimum Gasteiger partial charge on any atom is -0.493 e. The Morgan fingerprint density at radius 2 is 1.82 bits per heavy atom. The Morgan fingerprint density at radius 1 is 1.04 bits per heavy atom. The van der Waals surface area contributed by atoms with Gasteiger partial charge in [-0.25, -0.2) is 4.98 Å². The molecule has 0 saturated carbocycles. The summed E-state index contributed by atoms with van der Waals surface area (Å²) in [5.41, 5.74) is 5.98. The standard InChI is InChI=1S/C23H28N2O2.ClH/c1-5-8-19-9-10-22(23(15-19)26-4)27-12-7-6-11-25-16-24-20-13-17(2)18(3)14-21(20)25;/h5,8-10,13-16H,6-7,11-12H2,1-4H3;1H. The van der Waals surface area contributed by atoms with Crippen molar-refractivity contribution in [2.45, 2.75) is 40.2 Å². The van der Waals surface area contributed by atoms with E-state index in [0.29, 0.717) is 6.61 Å². The number of fused-ring (bicyclic) bond motifs is 1. The molecule has 0 atom stereocenters. The summed E-state index contributed by atoms with van der Waals surface area (Å²) in [7, 11) is 1.68. The Bertz CT molecular complexity index is 947. The first kappa shape index (κ1) is 21.8. The molecule has 5 heteroatoms. The van der Waals surface area contributed by atoms with Crippen molar-refractivity contribution >= 4 is 29.5 Å². The lowest BCUT2D eigenvalue weighted by Gasteiger charge is -2.11. The number of allylic oxidation sites excluding steroid dienone is 1. The van der Waals surface area contributed by atoms with Crippen molar-refractivity contribution in [3.8, 4) is 11.5 Å². The number of hydrogen-bond donors (Lipinski definition) is 0. The molecule has 3 rings (SSSR count). The third-order valence-corrected chi connectivity index (χ3v) is 4.83. The highest BCUT2D eigenvalue weighted by molar-refractivity contribution is 5.85. The number of benzene rings is 2. The fourth-order valence-corrected chi connectivity index (χ4v) is 3.16. The average Bonchev–Trinajstić information content (AvgIpc) is 3.04. The highest BCUT2D eigenvalue weighted by Crippen LogP contribution is 2.28. The minimum absolute atomic E-state index is 0. The number of aromatic nitrogens is 2. The number of methoxy groups -OCH3 is 1. The first-order chi connectivity index (χ1) is 13.1. The van der Waals surface area contributed by atoms with Crippen LogP contribution in [0.3, 0.4) is 0 Å². The van der Waals surface area contributed by atoms with Gasteiger partial charge in [-0.05, 0) is 74.6 Å². The summed E-state index contributed by atoms with van der Waals surface area (Å²) in [4.78, 5) is 4.52. The normalized spacial score (nSPS) is 11.0. The number of aryl methyl sites for hydroxylation is 3. The van der Waals surface area contributed by atoms with Gasteiger partial charge in [0.2, 0.25) is 0 Å². The Balaban J connectivity index is 0.00000280. The van der Waals surface area contributed by atoms with Gasteiger partial charge >= 0.3 is 0 Å². The molecular weight excluding hydrogens is 372 g/mol. The van der Waals surface area contributed by atoms with Crippen molar-refractivity contribution < 1.29 is 9.47 Å². The summed E-state index contributed by atoms with van der Waals surface area (Å²) in [6, 6.07) is 10.4. The van der Waals surface area contributed by atoms with E-state index < -0.39 is 0 Å². The highest BCUT2D eigenvalue weighted by Gasteiger charge is 2.06. The van der Waals surface area contributed by atoms with Gasteiger partial charge in [-0.15, -0.1) is 12.4 Å². The molecule has 2 aromatic carbocycles. The van der Waals surface area contributed by atoms with Gasteiger partial charge in [0.25, 0.3) is 0 Å². The Morgan fingerprint density at radius 3 is 2.57 bits per heavy atom. The quantitative estimate of drug-likeness (QED) is 0.436. The van der Waals surface area contributed by atoms with Crippen LogP contribution in [0.2, 0.25) is 0 Å². The summed E-state index contributed by atoms with van der Waals surface area (Å²) < 4.78 is 13.6. The van der Waals surface area contributed by atoms with Crippen molar-refractivity contribution in [3.63, 3.8) is 0 Å². The smallest absolute Gasteiger partial charge is 0.161 e. The SMILES string of the molecule is CC=Cc1ccc(OCCCCn2cnc3cc(C)c(C)cc32)c(OC)c1.Cl. The minimum atomic E-state index is 0. The van der Waals surface area contributed by atoms with Crippen LogP contribution in [0.25, 0.3) is 17.1 Å². The van der Waals surface area contributed by atoms with E-state index in [2.05, 4.69) is 35.5 Å². The number of imidazole rings is 1. The molecule has 28 heavy (non-hydrogen) atoms. The lowest BCUT2D eigenvalue weighted by Crippen LogP contribution is -2.03. The van der Waals surface area contributed by atoms with Crippen LogP contribution in [0.1, 0.15) is 36.5 Å². The number of halogens is 1. The van der Waals surface area contributed by atoms with Gasteiger partial charge in [0, 0.05) is 6.54 Å². The molecule has 0 N–H and O–H groups in total. The van der Waals surface area contributed by atoms with Crippen molar-refractivity contribution in [1.82, 2.24) is 9.55 Å². The van der Waals surface area contributed by atoms with E-state index in [1.54, 1.807) is 7.11 Å². The molecule has 0 saturated heterocycles. The van der Waals surface area contributed by atoms with Gasteiger partial charge in [-0.3, -0.25) is 0 Å². The van der Waals surface area contributed by atoms with Gasteiger partial charge < -0.3 is 14.0 Å². The molecule has 0 spiro atoms. The molecule has 0 aliphatic rings. The molecule has 0 unspecified atom stereocenters. The van der Waals surface area contributed by atoms with Crippen LogP contribution in [0, 0.1) is 13.8 Å². The van der Waals surface area contributed by atoms with E-state index in [9.17, 15) is 0 Å². The molecule has 0 aliphatic heterocycles. The zero-order valence-electron chi connectivity index (χ0n) is 17.1. The molecule has 3 aromatic rings. The maximum atomic E-state index is 5.93. The second-order valence-electron chi connectivity index (χ2n) is 6.83. The van der Waals surface area contributed by atoms with Gasteiger partial charge in [0.1, 0.15) is 0 Å². The average molecular weight is 401 g/mol. The van der Waals surface area contributed by atoms with E-state index in [1.807, 2.05) is 43.6 Å². The molecule has 150 valence electrons. The van der Waals surface area contributed by atoms with E-state index in [1.165, 1.54) is 16.6 Å².